The monoisotopic (exact) mass is 698 g/mol. The molecule has 2 amide bonds. The zero-order valence-electron chi connectivity index (χ0n) is 24.9. The minimum atomic E-state index is -2.03. The number of rotatable bonds is 10. The van der Waals surface area contributed by atoms with Crippen molar-refractivity contribution in [3.05, 3.63) is 119 Å². The number of carbonyl (C=O) groups excluding carboxylic acids is 2. The van der Waals surface area contributed by atoms with E-state index in [0.29, 0.717) is 12.2 Å². The van der Waals surface area contributed by atoms with Gasteiger partial charge < -0.3 is 25.2 Å². The lowest BCUT2D eigenvalue weighted by Crippen LogP contribution is -2.33. The Morgan fingerprint density at radius 3 is 2.24 bits per heavy atom. The molecule has 0 radical (unpaired) electrons. The van der Waals surface area contributed by atoms with E-state index in [1.807, 2.05) is 97.1 Å². The van der Waals surface area contributed by atoms with E-state index in [1.165, 1.54) is 6.92 Å². The molecule has 1 saturated heterocycles. The normalized spacial score (nSPS) is 18.2. The summed E-state index contributed by atoms with van der Waals surface area (Å²) in [7, 11) is 0. The Kier molecular flexibility index (Phi) is 11.7. The van der Waals surface area contributed by atoms with E-state index in [-0.39, 0.29) is 31.3 Å². The first-order chi connectivity index (χ1) is 22.1. The first kappa shape index (κ1) is 34.3. The summed E-state index contributed by atoms with van der Waals surface area (Å²) in [5, 5.41) is 15.0. The Hall–Kier alpha value is -3.08. The molecule has 0 spiro atoms. The largest absolute Gasteiger partial charge is 0.392 e. The van der Waals surface area contributed by atoms with E-state index in [9.17, 15) is 14.7 Å². The third-order valence-electron chi connectivity index (χ3n) is 7.36. The van der Waals surface area contributed by atoms with Gasteiger partial charge in [0.15, 0.2) is 6.29 Å². The lowest BCUT2D eigenvalue weighted by molar-refractivity contribution is -0.245. The van der Waals surface area contributed by atoms with Gasteiger partial charge >= 0.3 is 0 Å². The second kappa shape index (κ2) is 15.7. The van der Waals surface area contributed by atoms with Crippen molar-refractivity contribution in [3.8, 4) is 11.1 Å². The highest BCUT2D eigenvalue weighted by molar-refractivity contribution is 7.99. The summed E-state index contributed by atoms with van der Waals surface area (Å²) < 4.78 is 11.1. The van der Waals surface area contributed by atoms with Crippen LogP contribution in [-0.4, -0.2) is 32.6 Å². The van der Waals surface area contributed by atoms with Crippen molar-refractivity contribution in [2.75, 3.05) is 11.1 Å². The van der Waals surface area contributed by atoms with Crippen molar-refractivity contribution in [3.63, 3.8) is 0 Å². The van der Waals surface area contributed by atoms with Crippen molar-refractivity contribution in [2.45, 2.75) is 53.7 Å². The molecule has 0 unspecified atom stereocenters. The summed E-state index contributed by atoms with van der Waals surface area (Å²) in [4.78, 5) is 24.5. The molecule has 5 rings (SSSR count). The van der Waals surface area contributed by atoms with E-state index >= 15 is 0 Å². The second-order valence-corrected chi connectivity index (χ2v) is 14.2. The average molecular weight is 700 g/mol. The topological polar surface area (TPSA) is 96.9 Å². The van der Waals surface area contributed by atoms with Gasteiger partial charge in [0.05, 0.1) is 18.8 Å². The zero-order valence-corrected chi connectivity index (χ0v) is 28.0. The lowest BCUT2D eigenvalue weighted by atomic mass is 9.99. The van der Waals surface area contributed by atoms with Crippen LogP contribution in [0.4, 0.5) is 5.69 Å². The molecule has 0 aliphatic carbocycles. The molecule has 46 heavy (non-hydrogen) atoms. The SMILES string of the molecule is CC(=O)Nc1ccc(SC[C@@H]2C[C@H](c3ccc(CO)cc3)O[C@H](c3cccc(-c4cccc(CNC(=O)C(Cl)(Cl)Cl)c4)c3)O2)cc1. The fraction of sp³-hybridized carbons (Fsp3) is 0.257. The van der Waals surface area contributed by atoms with Crippen LogP contribution in [-0.2, 0) is 32.2 Å². The highest BCUT2D eigenvalue weighted by atomic mass is 35.6. The molecule has 3 atom stereocenters. The predicted octanol–water partition coefficient (Wildman–Crippen LogP) is 8.13. The van der Waals surface area contributed by atoms with Crippen LogP contribution in [0.25, 0.3) is 11.1 Å². The van der Waals surface area contributed by atoms with E-state index in [2.05, 4.69) is 10.6 Å². The number of aliphatic hydroxyl groups is 1. The number of alkyl halides is 3. The molecule has 0 aromatic heterocycles. The molecule has 4 aromatic carbocycles. The maximum Gasteiger partial charge on any atom is 0.272 e. The van der Waals surface area contributed by atoms with Gasteiger partial charge in [-0.25, -0.2) is 0 Å². The van der Waals surface area contributed by atoms with Crippen LogP contribution < -0.4 is 10.6 Å². The van der Waals surface area contributed by atoms with Gasteiger partial charge in [0, 0.05) is 41.8 Å². The number of anilines is 1. The fourth-order valence-electron chi connectivity index (χ4n) is 5.06. The van der Waals surface area contributed by atoms with Crippen LogP contribution >= 0.6 is 46.6 Å². The molecule has 4 aromatic rings. The van der Waals surface area contributed by atoms with Crippen LogP contribution in [0.1, 0.15) is 48.0 Å². The number of hydrogen-bond donors (Lipinski definition) is 3. The first-order valence-electron chi connectivity index (χ1n) is 14.6. The minimum Gasteiger partial charge on any atom is -0.392 e. The van der Waals surface area contributed by atoms with Gasteiger partial charge in [-0.15, -0.1) is 11.8 Å². The Labute approximate surface area is 287 Å². The molecule has 0 saturated carbocycles. The molecule has 1 fully saturated rings. The molecule has 3 N–H and O–H groups in total. The summed E-state index contributed by atoms with van der Waals surface area (Å²) in [6.45, 7) is 1.67. The van der Waals surface area contributed by atoms with Gasteiger partial charge in [0.1, 0.15) is 0 Å². The van der Waals surface area contributed by atoms with Crippen molar-refractivity contribution in [1.82, 2.24) is 5.32 Å². The Morgan fingerprint density at radius 1 is 0.870 bits per heavy atom. The number of carbonyl (C=O) groups is 2. The van der Waals surface area contributed by atoms with E-state index < -0.39 is 16.0 Å². The molecular weight excluding hydrogens is 667 g/mol. The summed E-state index contributed by atoms with van der Waals surface area (Å²) in [6, 6.07) is 31.3. The van der Waals surface area contributed by atoms with Gasteiger partial charge in [0.25, 0.3) is 9.70 Å². The molecule has 1 aliphatic heterocycles. The molecule has 1 heterocycles. The van der Waals surface area contributed by atoms with Gasteiger partial charge in [-0.3, -0.25) is 9.59 Å². The second-order valence-electron chi connectivity index (χ2n) is 10.9. The standard InChI is InChI=1S/C35H33Cl3N2O5S/c1-22(42)40-29-12-14-31(15-13-29)46-21-30-18-32(25-10-8-23(20-41)9-11-25)45-33(44-30)28-7-3-6-27(17-28)26-5-2-4-24(16-26)19-39-34(43)35(36,37)38/h2-17,30,32-33,41H,18-21H2,1H3,(H,39,43)(H,40,42)/t30-,32+,33+/m0/s1. The third kappa shape index (κ3) is 9.48. The molecule has 11 heteroatoms. The van der Waals surface area contributed by atoms with E-state index in [1.54, 1.807) is 11.8 Å². The number of aliphatic hydroxyl groups excluding tert-OH is 1. The zero-order chi connectivity index (χ0) is 32.7. The number of ether oxygens (including phenoxy) is 2. The summed E-state index contributed by atoms with van der Waals surface area (Å²) >= 11 is 18.7. The molecule has 1 aliphatic rings. The van der Waals surface area contributed by atoms with Crippen molar-refractivity contribution < 1.29 is 24.2 Å². The van der Waals surface area contributed by atoms with Crippen molar-refractivity contribution >= 4 is 64.1 Å². The quantitative estimate of drug-likeness (QED) is 0.114. The summed E-state index contributed by atoms with van der Waals surface area (Å²) in [5.41, 5.74) is 6.24. The van der Waals surface area contributed by atoms with Crippen LogP contribution in [0.5, 0.6) is 0 Å². The Bertz CT molecular complexity index is 1650. The first-order valence-corrected chi connectivity index (χ1v) is 16.7. The fourth-order valence-corrected chi connectivity index (χ4v) is 6.18. The third-order valence-corrected chi connectivity index (χ3v) is 9.01. The number of hydrogen-bond acceptors (Lipinski definition) is 6. The number of halogens is 3. The molecule has 7 nitrogen and oxygen atoms in total. The summed E-state index contributed by atoms with van der Waals surface area (Å²) in [5.74, 6) is -0.0965. The van der Waals surface area contributed by atoms with Crippen LogP contribution in [0.3, 0.4) is 0 Å². The lowest BCUT2D eigenvalue weighted by Gasteiger charge is -2.36. The van der Waals surface area contributed by atoms with E-state index in [0.717, 1.165) is 44.0 Å². The van der Waals surface area contributed by atoms with Crippen LogP contribution in [0.15, 0.2) is 102 Å². The smallest absolute Gasteiger partial charge is 0.272 e. The maximum atomic E-state index is 12.0. The highest BCUT2D eigenvalue weighted by Gasteiger charge is 2.33. The van der Waals surface area contributed by atoms with Crippen molar-refractivity contribution in [1.29, 1.82) is 0 Å². The number of benzene rings is 4. The maximum absolute atomic E-state index is 12.0. The Balaban J connectivity index is 1.34. The molecular formula is C35H33Cl3N2O5S. The number of nitrogens with one attached hydrogen (secondary N) is 2. The van der Waals surface area contributed by atoms with Gasteiger partial charge in [-0.1, -0.05) is 95.5 Å². The van der Waals surface area contributed by atoms with Crippen molar-refractivity contribution in [2.24, 2.45) is 0 Å². The highest BCUT2D eigenvalue weighted by Crippen LogP contribution is 2.40. The Morgan fingerprint density at radius 2 is 1.57 bits per heavy atom. The molecule has 240 valence electrons. The van der Waals surface area contributed by atoms with Gasteiger partial charge in [0.2, 0.25) is 5.91 Å². The van der Waals surface area contributed by atoms with Gasteiger partial charge in [-0.2, -0.15) is 0 Å². The van der Waals surface area contributed by atoms with E-state index in [4.69, 9.17) is 44.3 Å². The number of amides is 2. The predicted molar refractivity (Wildman–Crippen MR) is 184 cm³/mol. The summed E-state index contributed by atoms with van der Waals surface area (Å²) in [6.07, 6.45) is -0.286. The van der Waals surface area contributed by atoms with Gasteiger partial charge in [-0.05, 0) is 64.2 Å². The van der Waals surface area contributed by atoms with Crippen LogP contribution in [0, 0.1) is 0 Å². The minimum absolute atomic E-state index is 0.0230. The number of thioether (sulfide) groups is 1. The van der Waals surface area contributed by atoms with Crippen LogP contribution in [0.2, 0.25) is 0 Å². The average Bonchev–Trinajstić information content (AvgIpc) is 3.06. The molecule has 0 bridgehead atoms.